The van der Waals surface area contributed by atoms with E-state index in [0.717, 1.165) is 58.5 Å². The summed E-state index contributed by atoms with van der Waals surface area (Å²) in [5.74, 6) is 0.800. The average Bonchev–Trinajstić information content (AvgIpc) is 3.44. The standard InChI is InChI=1S/C24H27N5OS2/c1-4-5-16-10-18-7-8-19(11-16)29(18)23(30)17-6-9-21(25-12-17)28-24-27-20(13-31-24)22-14(2)26-15(3)32-22/h5-6,9,12-13,18-19H,4,7-8,10-11H2,1-3H3,(H,25,27,28). The number of hydrogen-bond donors (Lipinski definition) is 1. The van der Waals surface area contributed by atoms with Gasteiger partial charge >= 0.3 is 0 Å². The van der Waals surface area contributed by atoms with Gasteiger partial charge in [0.25, 0.3) is 5.91 Å². The van der Waals surface area contributed by atoms with E-state index < -0.39 is 0 Å². The van der Waals surface area contributed by atoms with Gasteiger partial charge < -0.3 is 10.2 Å². The highest BCUT2D eigenvalue weighted by Gasteiger charge is 2.41. The van der Waals surface area contributed by atoms with Gasteiger partial charge in [0.2, 0.25) is 0 Å². The Morgan fingerprint density at radius 1 is 1.22 bits per heavy atom. The largest absolute Gasteiger partial charge is 0.332 e. The first kappa shape index (κ1) is 21.3. The number of allylic oxidation sites excluding steroid dienone is 1. The monoisotopic (exact) mass is 465 g/mol. The molecule has 2 fully saturated rings. The molecule has 1 amide bonds. The summed E-state index contributed by atoms with van der Waals surface area (Å²) in [6.07, 6.45) is 9.36. The zero-order valence-electron chi connectivity index (χ0n) is 18.6. The van der Waals surface area contributed by atoms with E-state index >= 15 is 0 Å². The second-order valence-electron chi connectivity index (χ2n) is 8.52. The number of fused-ring (bicyclic) bond motifs is 2. The number of pyridine rings is 1. The van der Waals surface area contributed by atoms with E-state index in [1.165, 1.54) is 16.9 Å². The third kappa shape index (κ3) is 4.09. The van der Waals surface area contributed by atoms with Gasteiger partial charge in [-0.3, -0.25) is 4.79 Å². The van der Waals surface area contributed by atoms with Crippen LogP contribution in [0.1, 0.15) is 60.1 Å². The van der Waals surface area contributed by atoms with Crippen LogP contribution in [0.3, 0.4) is 0 Å². The molecule has 2 aliphatic heterocycles. The number of piperidine rings is 1. The molecule has 3 aromatic heterocycles. The fourth-order valence-corrected chi connectivity index (χ4v) is 6.56. The number of thiazole rings is 2. The fraction of sp³-hybridized carbons (Fsp3) is 0.417. The minimum absolute atomic E-state index is 0.111. The topological polar surface area (TPSA) is 71.0 Å². The lowest BCUT2D eigenvalue weighted by Crippen LogP contribution is -2.44. The summed E-state index contributed by atoms with van der Waals surface area (Å²) in [6, 6.07) is 4.42. The number of carbonyl (C=O) groups is 1. The van der Waals surface area contributed by atoms with E-state index in [4.69, 9.17) is 0 Å². The van der Waals surface area contributed by atoms with Crippen LogP contribution in [-0.4, -0.2) is 37.8 Å². The number of rotatable bonds is 5. The van der Waals surface area contributed by atoms with Crippen molar-refractivity contribution < 1.29 is 4.79 Å². The molecular weight excluding hydrogens is 438 g/mol. The highest BCUT2D eigenvalue weighted by Crippen LogP contribution is 2.39. The molecule has 6 nitrogen and oxygen atoms in total. The average molecular weight is 466 g/mol. The first-order valence-corrected chi connectivity index (χ1v) is 12.8. The van der Waals surface area contributed by atoms with Crippen molar-refractivity contribution in [3.05, 3.63) is 51.6 Å². The molecule has 0 aromatic carbocycles. The Balaban J connectivity index is 1.27. The number of nitrogens with one attached hydrogen (secondary N) is 1. The first-order chi connectivity index (χ1) is 15.5. The van der Waals surface area contributed by atoms with Crippen LogP contribution in [0.5, 0.6) is 0 Å². The van der Waals surface area contributed by atoms with Crippen molar-refractivity contribution in [2.24, 2.45) is 0 Å². The second-order valence-corrected chi connectivity index (χ2v) is 10.6. The van der Waals surface area contributed by atoms with Crippen molar-refractivity contribution in [3.8, 4) is 10.6 Å². The smallest absolute Gasteiger partial charge is 0.255 e. The van der Waals surface area contributed by atoms with Crippen LogP contribution < -0.4 is 5.32 Å². The number of hydrogen-bond acceptors (Lipinski definition) is 7. The van der Waals surface area contributed by atoms with Crippen molar-refractivity contribution in [2.45, 2.75) is 65.0 Å². The maximum absolute atomic E-state index is 13.2. The van der Waals surface area contributed by atoms with Gasteiger partial charge in [-0.1, -0.05) is 18.6 Å². The Hall–Kier alpha value is -2.58. The number of carbonyl (C=O) groups excluding carboxylic acids is 1. The fourth-order valence-electron chi connectivity index (χ4n) is 4.89. The summed E-state index contributed by atoms with van der Waals surface area (Å²) < 4.78 is 0. The van der Waals surface area contributed by atoms with Crippen LogP contribution in [0.4, 0.5) is 10.9 Å². The predicted molar refractivity (Wildman–Crippen MR) is 131 cm³/mol. The second kappa shape index (κ2) is 8.75. The van der Waals surface area contributed by atoms with Gasteiger partial charge in [-0.15, -0.1) is 22.7 Å². The summed E-state index contributed by atoms with van der Waals surface area (Å²) in [5.41, 5.74) is 4.12. The Labute approximate surface area is 196 Å². The van der Waals surface area contributed by atoms with Crippen LogP contribution in [0, 0.1) is 13.8 Å². The number of aromatic nitrogens is 3. The molecule has 8 heteroatoms. The first-order valence-electron chi connectivity index (χ1n) is 11.2. The van der Waals surface area contributed by atoms with Crippen molar-refractivity contribution >= 4 is 39.5 Å². The van der Waals surface area contributed by atoms with Gasteiger partial charge in [0.1, 0.15) is 5.82 Å². The Kier molecular flexibility index (Phi) is 5.82. The maximum Gasteiger partial charge on any atom is 0.255 e. The van der Waals surface area contributed by atoms with E-state index in [0.29, 0.717) is 23.5 Å². The quantitative estimate of drug-likeness (QED) is 0.459. The Morgan fingerprint density at radius 2 is 2.00 bits per heavy atom. The van der Waals surface area contributed by atoms with Crippen molar-refractivity contribution in [1.29, 1.82) is 0 Å². The van der Waals surface area contributed by atoms with Gasteiger partial charge in [-0.2, -0.15) is 0 Å². The third-order valence-electron chi connectivity index (χ3n) is 6.23. The van der Waals surface area contributed by atoms with E-state index in [9.17, 15) is 4.79 Å². The minimum Gasteiger partial charge on any atom is -0.332 e. The molecule has 0 saturated carbocycles. The van der Waals surface area contributed by atoms with Crippen LogP contribution in [0.25, 0.3) is 10.6 Å². The third-order valence-corrected chi connectivity index (χ3v) is 8.08. The molecule has 2 unspecified atom stereocenters. The summed E-state index contributed by atoms with van der Waals surface area (Å²) in [6.45, 7) is 6.20. The van der Waals surface area contributed by atoms with Crippen LogP contribution >= 0.6 is 22.7 Å². The van der Waals surface area contributed by atoms with E-state index in [-0.39, 0.29) is 5.91 Å². The van der Waals surface area contributed by atoms with Crippen molar-refractivity contribution in [3.63, 3.8) is 0 Å². The molecular formula is C24H27N5OS2. The molecule has 2 atom stereocenters. The number of anilines is 2. The highest BCUT2D eigenvalue weighted by molar-refractivity contribution is 7.16. The van der Waals surface area contributed by atoms with Crippen molar-refractivity contribution in [2.75, 3.05) is 5.32 Å². The van der Waals surface area contributed by atoms with Crippen LogP contribution in [0.2, 0.25) is 0 Å². The maximum atomic E-state index is 13.2. The summed E-state index contributed by atoms with van der Waals surface area (Å²) in [5, 5.41) is 7.12. The van der Waals surface area contributed by atoms with E-state index in [1.54, 1.807) is 17.5 Å². The molecule has 5 heterocycles. The molecule has 5 rings (SSSR count). The lowest BCUT2D eigenvalue weighted by Gasteiger charge is -2.36. The molecule has 166 valence electrons. The zero-order valence-corrected chi connectivity index (χ0v) is 20.2. The van der Waals surface area contributed by atoms with Gasteiger partial charge in [0, 0.05) is 23.7 Å². The van der Waals surface area contributed by atoms with E-state index in [2.05, 4.69) is 38.2 Å². The SMILES string of the molecule is CCC=C1CC2CCC(C1)N2C(=O)c1ccc(Nc2nc(-c3sc(C)nc3C)cs2)nc1. The number of aryl methyl sites for hydroxylation is 2. The Morgan fingerprint density at radius 3 is 2.62 bits per heavy atom. The number of nitrogens with zero attached hydrogens (tertiary/aromatic N) is 4. The highest BCUT2D eigenvalue weighted by atomic mass is 32.1. The molecule has 2 saturated heterocycles. The molecule has 1 N–H and O–H groups in total. The summed E-state index contributed by atoms with van der Waals surface area (Å²) in [7, 11) is 0. The minimum atomic E-state index is 0.111. The van der Waals surface area contributed by atoms with Gasteiger partial charge in [0.05, 0.1) is 26.8 Å². The molecule has 2 bridgehead atoms. The lowest BCUT2D eigenvalue weighted by molar-refractivity contribution is 0.0634. The van der Waals surface area contributed by atoms with Gasteiger partial charge in [-0.25, -0.2) is 15.0 Å². The molecule has 0 spiro atoms. The molecule has 32 heavy (non-hydrogen) atoms. The Bertz CT molecular complexity index is 1150. The lowest BCUT2D eigenvalue weighted by atomic mass is 9.95. The zero-order chi connectivity index (χ0) is 22.2. The normalized spacial score (nSPS) is 20.0. The summed E-state index contributed by atoms with van der Waals surface area (Å²) in [4.78, 5) is 30.1. The predicted octanol–water partition coefficient (Wildman–Crippen LogP) is 6.13. The van der Waals surface area contributed by atoms with Crippen LogP contribution in [-0.2, 0) is 0 Å². The van der Waals surface area contributed by atoms with E-state index in [1.807, 2.05) is 31.4 Å². The summed E-state index contributed by atoms with van der Waals surface area (Å²) >= 11 is 3.20. The van der Waals surface area contributed by atoms with Gasteiger partial charge in [-0.05, 0) is 58.1 Å². The molecule has 0 aliphatic carbocycles. The van der Waals surface area contributed by atoms with Crippen molar-refractivity contribution in [1.82, 2.24) is 19.9 Å². The number of amides is 1. The van der Waals surface area contributed by atoms with Gasteiger partial charge in [0.15, 0.2) is 5.13 Å². The molecule has 2 aliphatic rings. The molecule has 0 radical (unpaired) electrons. The van der Waals surface area contributed by atoms with Crippen LogP contribution in [0.15, 0.2) is 35.4 Å². The molecule has 3 aromatic rings.